The summed E-state index contributed by atoms with van der Waals surface area (Å²) >= 11 is -0.467. The molecule has 2 unspecified atom stereocenters. The number of rotatable bonds is 6. The largest absolute Gasteiger partial charge is 0.392 e. The molecule has 0 heterocycles. The highest BCUT2D eigenvalue weighted by atomic mass is 32.2. The van der Waals surface area contributed by atoms with Crippen LogP contribution in [0.15, 0.2) is 0 Å². The first-order valence-corrected chi connectivity index (χ1v) is 6.05. The minimum atomic E-state index is -4.41. The van der Waals surface area contributed by atoms with Gasteiger partial charge in [-0.15, -0.1) is 0 Å². The average Bonchev–Trinajstić information content (AvgIpc) is 2.00. The molecule has 92 valence electrons. The monoisotopic (exact) mass is 264 g/mol. The molecule has 0 radical (unpaired) electrons. The van der Waals surface area contributed by atoms with Crippen molar-refractivity contribution < 1.29 is 37.9 Å². The van der Waals surface area contributed by atoms with Crippen molar-refractivity contribution in [2.45, 2.75) is 23.7 Å². The molecule has 0 aliphatic rings. The van der Waals surface area contributed by atoms with Crippen LogP contribution in [0.3, 0.4) is 0 Å². The summed E-state index contributed by atoms with van der Waals surface area (Å²) in [6.07, 6.45) is -4.38. The van der Waals surface area contributed by atoms with Gasteiger partial charge in [0.05, 0.1) is 18.1 Å². The van der Waals surface area contributed by atoms with Gasteiger partial charge in [-0.25, -0.2) is 0 Å². The molecule has 2 atom stereocenters. The van der Waals surface area contributed by atoms with Gasteiger partial charge in [-0.05, 0) is 0 Å². The molecular weight excluding hydrogens is 252 g/mol. The van der Waals surface area contributed by atoms with Crippen LogP contribution in [0.4, 0.5) is 0 Å². The fraction of sp³-hybridized carbons (Fsp3) is 1.00. The minimum absolute atomic E-state index is 0.467. The Bertz CT molecular complexity index is 285. The molecule has 8 nitrogen and oxygen atoms in total. The zero-order valence-electron chi connectivity index (χ0n) is 7.39. The molecular formula is C5H12O8S2. The van der Waals surface area contributed by atoms with Gasteiger partial charge in [-0.2, -0.15) is 8.42 Å². The molecule has 0 aromatic heterocycles. The zero-order valence-corrected chi connectivity index (χ0v) is 9.02. The molecule has 0 aliphatic heterocycles. The van der Waals surface area contributed by atoms with Gasteiger partial charge < -0.3 is 25.0 Å². The predicted molar refractivity (Wildman–Crippen MR) is 50.4 cm³/mol. The molecule has 0 aliphatic carbocycles. The van der Waals surface area contributed by atoms with E-state index >= 15 is 0 Å². The minimum Gasteiger partial charge on any atom is -0.392 e. The molecule has 0 fully saturated rings. The van der Waals surface area contributed by atoms with Gasteiger partial charge in [0.1, 0.15) is 11.9 Å². The summed E-state index contributed by atoms with van der Waals surface area (Å²) in [4.78, 5) is 0. The summed E-state index contributed by atoms with van der Waals surface area (Å²) in [7, 11) is -4.41. The van der Waals surface area contributed by atoms with Crippen LogP contribution in [0, 0.1) is 0 Å². The smallest absolute Gasteiger partial charge is 0.267 e. The Morgan fingerprint density at radius 1 is 1.27 bits per heavy atom. The van der Waals surface area contributed by atoms with Crippen molar-refractivity contribution in [3.05, 3.63) is 0 Å². The molecule has 0 spiro atoms. The van der Waals surface area contributed by atoms with Gasteiger partial charge in [0.2, 0.25) is 0 Å². The Labute approximate surface area is 90.1 Å². The number of aliphatic hydroxyl groups excluding tert-OH is 2. The quantitative estimate of drug-likeness (QED) is 0.178. The van der Waals surface area contributed by atoms with Crippen LogP contribution in [0.25, 0.3) is 0 Å². The third kappa shape index (κ3) is 6.27. The van der Waals surface area contributed by atoms with E-state index in [0.717, 1.165) is 0 Å². The summed E-state index contributed by atoms with van der Waals surface area (Å²) in [6.45, 7) is 0. The normalized spacial score (nSPS) is 17.5. The SMILES string of the molecule is O=S(=O)(O)CC(O)CC(O)C(O)(O)SO. The van der Waals surface area contributed by atoms with E-state index in [9.17, 15) is 8.42 Å². The van der Waals surface area contributed by atoms with Gasteiger partial charge in [0.25, 0.3) is 15.2 Å². The number of hydrogen-bond donors (Lipinski definition) is 6. The second-order valence-electron chi connectivity index (χ2n) is 2.90. The number of hydrogen-bond acceptors (Lipinski definition) is 8. The molecule has 10 heteroatoms. The maximum Gasteiger partial charge on any atom is 0.267 e. The Kier molecular flexibility index (Phi) is 5.43. The Morgan fingerprint density at radius 2 is 1.73 bits per heavy atom. The van der Waals surface area contributed by atoms with Gasteiger partial charge >= 0.3 is 0 Å². The summed E-state index contributed by atoms with van der Waals surface area (Å²) < 4.78 is 37.2. The summed E-state index contributed by atoms with van der Waals surface area (Å²) in [6, 6.07) is 0. The van der Waals surface area contributed by atoms with Crippen LogP contribution in [-0.2, 0) is 10.1 Å². The lowest BCUT2D eigenvalue weighted by Crippen LogP contribution is -2.41. The molecule has 0 bridgehead atoms. The lowest BCUT2D eigenvalue weighted by molar-refractivity contribution is -0.163. The van der Waals surface area contributed by atoms with Crippen molar-refractivity contribution in [2.24, 2.45) is 0 Å². The van der Waals surface area contributed by atoms with Crippen molar-refractivity contribution >= 4 is 22.2 Å². The molecule has 0 saturated heterocycles. The van der Waals surface area contributed by atoms with E-state index < -0.39 is 51.7 Å². The van der Waals surface area contributed by atoms with Crippen LogP contribution in [0.2, 0.25) is 0 Å². The van der Waals surface area contributed by atoms with E-state index in [2.05, 4.69) is 0 Å². The van der Waals surface area contributed by atoms with E-state index in [1.807, 2.05) is 0 Å². The molecule has 0 amide bonds. The summed E-state index contributed by atoms with van der Waals surface area (Å²) in [5, 5.41) is 32.8. The fourth-order valence-corrected chi connectivity index (χ4v) is 1.62. The van der Waals surface area contributed by atoms with E-state index in [1.54, 1.807) is 0 Å². The van der Waals surface area contributed by atoms with E-state index in [4.69, 9.17) is 29.5 Å². The second kappa shape index (κ2) is 5.41. The Balaban J connectivity index is 4.25. The third-order valence-electron chi connectivity index (χ3n) is 1.47. The molecule has 0 rings (SSSR count). The first kappa shape index (κ1) is 15.1. The highest BCUT2D eigenvalue weighted by Crippen LogP contribution is 2.22. The van der Waals surface area contributed by atoms with Crippen LogP contribution in [0.1, 0.15) is 6.42 Å². The van der Waals surface area contributed by atoms with Crippen molar-refractivity contribution in [1.82, 2.24) is 0 Å². The summed E-state index contributed by atoms with van der Waals surface area (Å²) in [5.41, 5.74) is 0. The van der Waals surface area contributed by atoms with Gasteiger partial charge in [0.15, 0.2) is 0 Å². The Morgan fingerprint density at radius 3 is 2.07 bits per heavy atom. The predicted octanol–water partition coefficient (Wildman–Crippen LogP) is -2.17. The van der Waals surface area contributed by atoms with E-state index in [-0.39, 0.29) is 0 Å². The average molecular weight is 264 g/mol. The van der Waals surface area contributed by atoms with Gasteiger partial charge in [-0.1, -0.05) is 0 Å². The van der Waals surface area contributed by atoms with Crippen LogP contribution < -0.4 is 0 Å². The van der Waals surface area contributed by atoms with Gasteiger partial charge in [-0.3, -0.25) is 4.55 Å². The first-order valence-electron chi connectivity index (χ1n) is 3.67. The van der Waals surface area contributed by atoms with Crippen molar-refractivity contribution in [1.29, 1.82) is 0 Å². The van der Waals surface area contributed by atoms with Crippen LogP contribution in [-0.4, -0.2) is 61.0 Å². The molecule has 6 N–H and O–H groups in total. The molecule has 0 aromatic carbocycles. The molecule has 0 saturated carbocycles. The highest BCUT2D eigenvalue weighted by molar-refractivity contribution is 7.94. The molecule has 15 heavy (non-hydrogen) atoms. The maximum absolute atomic E-state index is 10.3. The van der Waals surface area contributed by atoms with Crippen molar-refractivity contribution in [3.8, 4) is 0 Å². The fourth-order valence-electron chi connectivity index (χ4n) is 0.783. The molecule has 0 aromatic rings. The standard InChI is InChI=1S/C5H12O8S2/c6-3(2-15(11,12)13)1-4(7)5(8,9)14-10/h3-4,6-10H,1-2H2,(H,11,12,13). The van der Waals surface area contributed by atoms with E-state index in [0.29, 0.717) is 0 Å². The zero-order chi connectivity index (χ0) is 12.3. The topological polar surface area (TPSA) is 156 Å². The number of aliphatic hydroxyl groups is 4. The first-order chi connectivity index (χ1) is 6.58. The van der Waals surface area contributed by atoms with E-state index in [1.165, 1.54) is 0 Å². The lowest BCUT2D eigenvalue weighted by atomic mass is 10.1. The van der Waals surface area contributed by atoms with Crippen LogP contribution in [0.5, 0.6) is 0 Å². The maximum atomic E-state index is 10.3. The van der Waals surface area contributed by atoms with Crippen LogP contribution >= 0.6 is 12.0 Å². The third-order valence-corrected chi connectivity index (χ3v) is 2.81. The summed E-state index contributed by atoms with van der Waals surface area (Å²) in [5.74, 6) is -1.05. The van der Waals surface area contributed by atoms with Crippen molar-refractivity contribution in [2.75, 3.05) is 5.75 Å². The highest BCUT2D eigenvalue weighted by Gasteiger charge is 2.36. The van der Waals surface area contributed by atoms with Gasteiger partial charge in [0, 0.05) is 6.42 Å². The lowest BCUT2D eigenvalue weighted by Gasteiger charge is -2.24. The Hall–Kier alpha value is 0.0600. The second-order valence-corrected chi connectivity index (χ2v) is 5.18. The van der Waals surface area contributed by atoms with Crippen molar-refractivity contribution in [3.63, 3.8) is 0 Å².